The van der Waals surface area contributed by atoms with Crippen LogP contribution in [0.4, 0.5) is 5.69 Å². The number of aryl methyl sites for hydroxylation is 1. The molecule has 4 unspecified atom stereocenters. The van der Waals surface area contributed by atoms with Gasteiger partial charge in [0.2, 0.25) is 0 Å². The van der Waals surface area contributed by atoms with E-state index in [2.05, 4.69) is 196 Å². The Kier molecular flexibility index (Phi) is 7.23. The molecule has 272 valence electrons. The van der Waals surface area contributed by atoms with Gasteiger partial charge in [-0.25, -0.2) is 0 Å². The molecule has 11 rings (SSSR count). The molecule has 3 aliphatic carbocycles. The number of anilines is 1. The predicted octanol–water partition coefficient (Wildman–Crippen LogP) is 13.0. The summed E-state index contributed by atoms with van der Waals surface area (Å²) in [5.41, 5.74) is 8.94. The molecule has 56 heavy (non-hydrogen) atoms. The summed E-state index contributed by atoms with van der Waals surface area (Å²) in [6.07, 6.45) is 20.0. The summed E-state index contributed by atoms with van der Waals surface area (Å²) in [5, 5.41) is 23.0. The van der Waals surface area contributed by atoms with Crippen molar-refractivity contribution in [3.63, 3.8) is 0 Å². The SMILES string of the molecule is CC1C=CC=CC1(C)NC1=c2cccc3c2c(c2c(-c4ccccc4)c4c5cccc6c(NC7(C)C=CC=CC7C)ccc(c4c(-c4ccccc4)c23)c65)CC1. The molecule has 0 spiro atoms. The van der Waals surface area contributed by atoms with Gasteiger partial charge in [-0.15, -0.1) is 0 Å². The van der Waals surface area contributed by atoms with E-state index >= 15 is 0 Å². The van der Waals surface area contributed by atoms with Crippen LogP contribution in [0.2, 0.25) is 0 Å². The Morgan fingerprint density at radius 2 is 1.00 bits per heavy atom. The van der Waals surface area contributed by atoms with E-state index in [-0.39, 0.29) is 11.1 Å². The Balaban J connectivity index is 1.30. The van der Waals surface area contributed by atoms with Gasteiger partial charge >= 0.3 is 0 Å². The first kappa shape index (κ1) is 33.2. The van der Waals surface area contributed by atoms with E-state index in [1.165, 1.54) is 98.3 Å². The zero-order chi connectivity index (χ0) is 37.8. The molecule has 8 aromatic carbocycles. The molecule has 0 aromatic heterocycles. The van der Waals surface area contributed by atoms with Gasteiger partial charge in [0, 0.05) is 33.8 Å². The van der Waals surface area contributed by atoms with E-state index in [0.29, 0.717) is 11.8 Å². The lowest BCUT2D eigenvalue weighted by Crippen LogP contribution is -2.47. The van der Waals surface area contributed by atoms with Crippen molar-refractivity contribution in [1.82, 2.24) is 5.32 Å². The largest absolute Gasteiger partial charge is 0.379 e. The Hall–Kier alpha value is -6.12. The van der Waals surface area contributed by atoms with Crippen LogP contribution in [0, 0.1) is 11.8 Å². The van der Waals surface area contributed by atoms with Crippen molar-refractivity contribution < 1.29 is 0 Å². The zero-order valence-corrected chi connectivity index (χ0v) is 32.6. The lowest BCUT2D eigenvalue weighted by molar-refractivity contribution is 0.397. The van der Waals surface area contributed by atoms with E-state index in [9.17, 15) is 0 Å². The molecule has 0 amide bonds. The third-order valence-electron chi connectivity index (χ3n) is 13.7. The average Bonchev–Trinajstić information content (AvgIpc) is 3.73. The van der Waals surface area contributed by atoms with Gasteiger partial charge < -0.3 is 10.6 Å². The summed E-state index contributed by atoms with van der Waals surface area (Å²) in [7, 11) is 0. The highest BCUT2D eigenvalue weighted by molar-refractivity contribution is 6.43. The Morgan fingerprint density at radius 3 is 1.64 bits per heavy atom. The van der Waals surface area contributed by atoms with E-state index in [1.807, 2.05) is 0 Å². The maximum Gasteiger partial charge on any atom is 0.0591 e. The molecule has 3 aliphatic rings. The Bertz CT molecular complexity index is 3070. The van der Waals surface area contributed by atoms with Crippen molar-refractivity contribution in [3.8, 4) is 22.3 Å². The summed E-state index contributed by atoms with van der Waals surface area (Å²) >= 11 is 0. The molecule has 0 saturated heterocycles. The fourth-order valence-corrected chi connectivity index (χ4v) is 10.4. The van der Waals surface area contributed by atoms with Crippen LogP contribution in [0.1, 0.15) is 39.7 Å². The molecule has 2 nitrogen and oxygen atoms in total. The fraction of sp³-hybridized carbons (Fsp3) is 0.185. The minimum Gasteiger partial charge on any atom is -0.379 e. The summed E-state index contributed by atoms with van der Waals surface area (Å²) in [6.45, 7) is 9.28. The molecular formula is C54H46N2. The highest BCUT2D eigenvalue weighted by atomic mass is 15.0. The first-order valence-corrected chi connectivity index (χ1v) is 20.4. The normalized spacial score (nSPS) is 23.0. The Morgan fingerprint density at radius 1 is 0.464 bits per heavy atom. The minimum atomic E-state index is -0.186. The molecule has 0 heterocycles. The highest BCUT2D eigenvalue weighted by Crippen LogP contribution is 2.55. The van der Waals surface area contributed by atoms with E-state index in [0.717, 1.165) is 12.8 Å². The first-order chi connectivity index (χ1) is 27.3. The monoisotopic (exact) mass is 722 g/mol. The summed E-state index contributed by atoms with van der Waals surface area (Å²) < 4.78 is 0. The number of fused-ring (bicyclic) bond motifs is 6. The highest BCUT2D eigenvalue weighted by Gasteiger charge is 2.34. The first-order valence-electron chi connectivity index (χ1n) is 20.4. The molecule has 0 bridgehead atoms. The molecule has 0 fully saturated rings. The zero-order valence-electron chi connectivity index (χ0n) is 32.6. The van der Waals surface area contributed by atoms with Crippen LogP contribution >= 0.6 is 0 Å². The summed E-state index contributed by atoms with van der Waals surface area (Å²) in [5.74, 6) is 0.745. The van der Waals surface area contributed by atoms with Gasteiger partial charge in [0.05, 0.1) is 11.1 Å². The van der Waals surface area contributed by atoms with Crippen LogP contribution in [0.3, 0.4) is 0 Å². The van der Waals surface area contributed by atoms with Crippen molar-refractivity contribution >= 4 is 65.2 Å². The second-order valence-electron chi connectivity index (χ2n) is 16.9. The maximum absolute atomic E-state index is 4.10. The molecule has 2 heteroatoms. The number of nitrogens with one attached hydrogen (secondary N) is 2. The van der Waals surface area contributed by atoms with Crippen molar-refractivity contribution in [2.24, 2.45) is 11.8 Å². The maximum atomic E-state index is 4.10. The molecule has 4 atom stereocenters. The van der Waals surface area contributed by atoms with Crippen molar-refractivity contribution in [3.05, 3.63) is 169 Å². The van der Waals surface area contributed by atoms with Crippen LogP contribution in [-0.4, -0.2) is 11.1 Å². The fourth-order valence-electron chi connectivity index (χ4n) is 10.4. The van der Waals surface area contributed by atoms with Crippen LogP contribution < -0.4 is 15.9 Å². The third-order valence-corrected chi connectivity index (χ3v) is 13.7. The van der Waals surface area contributed by atoms with E-state index < -0.39 is 0 Å². The molecular weight excluding hydrogens is 677 g/mol. The average molecular weight is 723 g/mol. The van der Waals surface area contributed by atoms with Gasteiger partial charge in [0.15, 0.2) is 0 Å². The van der Waals surface area contributed by atoms with Gasteiger partial charge in [0.25, 0.3) is 0 Å². The molecule has 0 radical (unpaired) electrons. The number of hydrogen-bond acceptors (Lipinski definition) is 2. The lowest BCUT2D eigenvalue weighted by Gasteiger charge is -2.37. The smallest absolute Gasteiger partial charge is 0.0591 e. The van der Waals surface area contributed by atoms with Crippen molar-refractivity contribution in [2.75, 3.05) is 5.32 Å². The number of rotatable bonds is 6. The molecule has 0 saturated carbocycles. The predicted molar refractivity (Wildman–Crippen MR) is 241 cm³/mol. The van der Waals surface area contributed by atoms with Gasteiger partial charge in [-0.1, -0.05) is 166 Å². The summed E-state index contributed by atoms with van der Waals surface area (Å²) in [6, 6.07) is 41.2. The van der Waals surface area contributed by atoms with Crippen molar-refractivity contribution in [1.29, 1.82) is 0 Å². The van der Waals surface area contributed by atoms with Gasteiger partial charge in [-0.3, -0.25) is 0 Å². The van der Waals surface area contributed by atoms with E-state index in [1.54, 1.807) is 0 Å². The van der Waals surface area contributed by atoms with Gasteiger partial charge in [-0.05, 0) is 109 Å². The second kappa shape index (κ2) is 12.2. The van der Waals surface area contributed by atoms with Crippen LogP contribution in [0.5, 0.6) is 0 Å². The number of benzene rings is 6. The number of allylic oxidation sites excluding steroid dienone is 4. The Labute approximate surface area is 328 Å². The number of hydrogen-bond donors (Lipinski definition) is 2. The van der Waals surface area contributed by atoms with Crippen molar-refractivity contribution in [2.45, 2.75) is 51.6 Å². The van der Waals surface area contributed by atoms with Crippen LogP contribution in [0.15, 0.2) is 158 Å². The van der Waals surface area contributed by atoms with E-state index in [4.69, 9.17) is 0 Å². The topological polar surface area (TPSA) is 24.1 Å². The van der Waals surface area contributed by atoms with Gasteiger partial charge in [-0.2, -0.15) is 0 Å². The molecule has 8 aromatic rings. The van der Waals surface area contributed by atoms with Crippen LogP contribution in [0.25, 0.3) is 81.8 Å². The lowest BCUT2D eigenvalue weighted by atomic mass is 9.82. The molecule has 2 N–H and O–H groups in total. The standard InChI is InChI=1S/C54H46N2/c1-33-17-11-13-31-53(33,3)55-43-29-27-41-47-37(43)23-15-25-39(47)49-45(35-19-7-5-8-20-35)52-42-28-30-44(56-54(4)32-14-12-18-34(54)2)38-24-16-26-40(48(38)42)50(52)46(51(41)49)36-21-9-6-10-22-36/h5-27,29,31-34,55-56H,28,30H2,1-4H3. The molecule has 0 aliphatic heterocycles. The van der Waals surface area contributed by atoms with Gasteiger partial charge in [0.1, 0.15) is 0 Å². The third kappa shape index (κ3) is 4.68. The minimum absolute atomic E-state index is 0.142. The quantitative estimate of drug-likeness (QED) is 0.179. The summed E-state index contributed by atoms with van der Waals surface area (Å²) in [4.78, 5) is 0. The second-order valence-corrected chi connectivity index (χ2v) is 16.9. The van der Waals surface area contributed by atoms with Crippen LogP contribution in [-0.2, 0) is 6.42 Å².